The predicted octanol–water partition coefficient (Wildman–Crippen LogP) is 3.00. The molecule has 118 valence electrons. The lowest BCUT2D eigenvalue weighted by atomic mass is 10.3. The molecule has 8 heteroatoms. The molecule has 0 aliphatic carbocycles. The number of aryl methyl sites for hydroxylation is 3. The third-order valence-corrected chi connectivity index (χ3v) is 4.41. The Balaban J connectivity index is 2.18. The van der Waals surface area contributed by atoms with Crippen LogP contribution >= 0.6 is 23.6 Å². The largest absolute Gasteiger partial charge is 0.465 e. The molecule has 0 aromatic carbocycles. The maximum Gasteiger partial charge on any atom is 0.340 e. The number of hydrogen-bond donors (Lipinski definition) is 2. The van der Waals surface area contributed by atoms with E-state index in [9.17, 15) is 4.79 Å². The van der Waals surface area contributed by atoms with Crippen molar-refractivity contribution in [3.8, 4) is 0 Å². The van der Waals surface area contributed by atoms with Crippen LogP contribution in [0, 0.1) is 20.8 Å². The molecule has 2 rings (SSSR count). The topological polar surface area (TPSA) is 68.2 Å². The minimum absolute atomic E-state index is 0.386. The number of rotatable bonds is 3. The number of anilines is 2. The van der Waals surface area contributed by atoms with Crippen LogP contribution in [0.4, 0.5) is 10.7 Å². The normalized spacial score (nSPS) is 10.4. The molecule has 0 spiro atoms. The van der Waals surface area contributed by atoms with E-state index in [0.717, 1.165) is 22.0 Å². The number of nitrogens with one attached hydrogen (secondary N) is 2. The molecule has 0 aliphatic heterocycles. The molecule has 6 nitrogen and oxygen atoms in total. The Labute approximate surface area is 138 Å². The Morgan fingerprint density at radius 2 is 2.05 bits per heavy atom. The van der Waals surface area contributed by atoms with E-state index in [1.165, 1.54) is 18.4 Å². The molecule has 0 saturated carbocycles. The van der Waals surface area contributed by atoms with Crippen LogP contribution in [0.3, 0.4) is 0 Å². The number of carbonyl (C=O) groups excluding carboxylic acids is 1. The highest BCUT2D eigenvalue weighted by Gasteiger charge is 2.17. The van der Waals surface area contributed by atoms with Crippen molar-refractivity contribution in [3.05, 3.63) is 27.9 Å². The van der Waals surface area contributed by atoms with E-state index < -0.39 is 0 Å². The van der Waals surface area contributed by atoms with Gasteiger partial charge in [0.2, 0.25) is 0 Å². The second-order valence-corrected chi connectivity index (χ2v) is 6.50. The number of carbonyl (C=O) groups is 1. The van der Waals surface area contributed by atoms with Crippen molar-refractivity contribution >= 4 is 45.3 Å². The van der Waals surface area contributed by atoms with Gasteiger partial charge < -0.3 is 15.4 Å². The van der Waals surface area contributed by atoms with Gasteiger partial charge in [-0.25, -0.2) is 4.79 Å². The van der Waals surface area contributed by atoms with Gasteiger partial charge in [-0.2, -0.15) is 5.10 Å². The van der Waals surface area contributed by atoms with Gasteiger partial charge in [-0.15, -0.1) is 11.3 Å². The average Bonchev–Trinajstić information content (AvgIpc) is 2.93. The zero-order valence-electron chi connectivity index (χ0n) is 13.1. The smallest absolute Gasteiger partial charge is 0.340 e. The maximum absolute atomic E-state index is 11.8. The molecule has 0 saturated heterocycles. The van der Waals surface area contributed by atoms with Gasteiger partial charge in [-0.05, 0) is 39.1 Å². The lowest BCUT2D eigenvalue weighted by molar-refractivity contribution is 0.0602. The molecule has 2 aromatic heterocycles. The lowest BCUT2D eigenvalue weighted by Gasteiger charge is -2.10. The third-order valence-electron chi connectivity index (χ3n) is 3.24. The zero-order valence-corrected chi connectivity index (χ0v) is 14.7. The molecule has 0 atom stereocenters. The Morgan fingerprint density at radius 3 is 2.59 bits per heavy atom. The molecular formula is C14H18N4O2S2. The highest BCUT2D eigenvalue weighted by atomic mass is 32.1. The maximum atomic E-state index is 11.8. The van der Waals surface area contributed by atoms with Gasteiger partial charge in [0.1, 0.15) is 5.00 Å². The molecule has 0 aliphatic rings. The van der Waals surface area contributed by atoms with Crippen LogP contribution in [0.15, 0.2) is 6.07 Å². The van der Waals surface area contributed by atoms with Crippen molar-refractivity contribution in [1.82, 2.24) is 9.78 Å². The number of hydrogen-bond acceptors (Lipinski definition) is 5. The summed E-state index contributed by atoms with van der Waals surface area (Å²) in [5.41, 5.74) is 3.19. The van der Waals surface area contributed by atoms with Crippen molar-refractivity contribution in [1.29, 1.82) is 0 Å². The molecule has 0 unspecified atom stereocenters. The lowest BCUT2D eigenvalue weighted by Crippen LogP contribution is -2.20. The van der Waals surface area contributed by atoms with Crippen LogP contribution < -0.4 is 10.6 Å². The second kappa shape index (κ2) is 6.45. The van der Waals surface area contributed by atoms with E-state index in [2.05, 4.69) is 15.7 Å². The van der Waals surface area contributed by atoms with Crippen molar-refractivity contribution in [2.75, 3.05) is 17.7 Å². The second-order valence-electron chi connectivity index (χ2n) is 4.84. The summed E-state index contributed by atoms with van der Waals surface area (Å²) in [7, 11) is 3.24. The molecule has 2 N–H and O–H groups in total. The predicted molar refractivity (Wildman–Crippen MR) is 92.9 cm³/mol. The van der Waals surface area contributed by atoms with Gasteiger partial charge in [0, 0.05) is 11.9 Å². The molecule has 2 aromatic rings. The molecular weight excluding hydrogens is 320 g/mol. The van der Waals surface area contributed by atoms with Crippen molar-refractivity contribution in [2.45, 2.75) is 20.8 Å². The molecule has 2 heterocycles. The highest BCUT2D eigenvalue weighted by molar-refractivity contribution is 7.80. The number of nitrogens with zero attached hydrogens (tertiary/aromatic N) is 2. The average molecular weight is 338 g/mol. The van der Waals surface area contributed by atoms with E-state index in [1.807, 2.05) is 27.8 Å². The Hall–Kier alpha value is -1.93. The molecule has 0 radical (unpaired) electrons. The van der Waals surface area contributed by atoms with Crippen LogP contribution in [0.25, 0.3) is 0 Å². The summed E-state index contributed by atoms with van der Waals surface area (Å²) in [5.74, 6) is -0.386. The first-order chi connectivity index (χ1) is 10.3. The standard InChI is InChI=1S/C14H18N4O2S2/c1-7-6-10(13(19)20-5)12(22-7)16-14(21)15-11-8(2)17-18(4)9(11)3/h6H,1-5H3,(H2,15,16,21). The van der Waals surface area contributed by atoms with E-state index in [-0.39, 0.29) is 5.97 Å². The van der Waals surface area contributed by atoms with Gasteiger partial charge in [0.05, 0.1) is 29.7 Å². The van der Waals surface area contributed by atoms with Crippen LogP contribution in [0.5, 0.6) is 0 Å². The van der Waals surface area contributed by atoms with Crippen molar-refractivity contribution in [3.63, 3.8) is 0 Å². The van der Waals surface area contributed by atoms with Gasteiger partial charge in [-0.3, -0.25) is 4.68 Å². The fourth-order valence-electron chi connectivity index (χ4n) is 2.07. The van der Waals surface area contributed by atoms with Crippen LogP contribution in [-0.4, -0.2) is 28.0 Å². The van der Waals surface area contributed by atoms with Crippen LogP contribution in [0.1, 0.15) is 26.6 Å². The molecule has 0 bridgehead atoms. The number of methoxy groups -OCH3 is 1. The molecule has 0 amide bonds. The summed E-state index contributed by atoms with van der Waals surface area (Å²) in [4.78, 5) is 12.8. The van der Waals surface area contributed by atoms with Crippen molar-refractivity contribution in [2.24, 2.45) is 7.05 Å². The summed E-state index contributed by atoms with van der Waals surface area (Å²) >= 11 is 6.78. The Kier molecular flexibility index (Phi) is 4.82. The summed E-state index contributed by atoms with van der Waals surface area (Å²) in [6.45, 7) is 5.79. The monoisotopic (exact) mass is 338 g/mol. The molecule has 22 heavy (non-hydrogen) atoms. The van der Waals surface area contributed by atoms with Crippen LogP contribution in [0.2, 0.25) is 0 Å². The van der Waals surface area contributed by atoms with Gasteiger partial charge in [0.15, 0.2) is 5.11 Å². The first kappa shape index (κ1) is 16.4. The first-order valence-corrected chi connectivity index (χ1v) is 7.83. The van der Waals surface area contributed by atoms with Gasteiger partial charge in [0.25, 0.3) is 0 Å². The number of thiophene rings is 1. The first-order valence-electron chi connectivity index (χ1n) is 6.60. The number of thiocarbonyl (C=S) groups is 1. The fourth-order valence-corrected chi connectivity index (χ4v) is 3.24. The van der Waals surface area contributed by atoms with Crippen LogP contribution in [-0.2, 0) is 11.8 Å². The Morgan fingerprint density at radius 1 is 1.36 bits per heavy atom. The number of ether oxygens (including phenoxy) is 1. The van der Waals surface area contributed by atoms with E-state index >= 15 is 0 Å². The van der Waals surface area contributed by atoms with E-state index in [1.54, 1.807) is 10.7 Å². The van der Waals surface area contributed by atoms with Gasteiger partial charge >= 0.3 is 5.97 Å². The summed E-state index contributed by atoms with van der Waals surface area (Å²) < 4.78 is 6.57. The SMILES string of the molecule is COC(=O)c1cc(C)sc1NC(=S)Nc1c(C)nn(C)c1C. The zero-order chi connectivity index (χ0) is 16.4. The summed E-state index contributed by atoms with van der Waals surface area (Å²) in [5, 5.41) is 11.6. The molecule has 0 fully saturated rings. The summed E-state index contributed by atoms with van der Waals surface area (Å²) in [6, 6.07) is 1.78. The van der Waals surface area contributed by atoms with E-state index in [4.69, 9.17) is 17.0 Å². The van der Waals surface area contributed by atoms with Crippen molar-refractivity contribution < 1.29 is 9.53 Å². The quantitative estimate of drug-likeness (QED) is 0.662. The highest BCUT2D eigenvalue weighted by Crippen LogP contribution is 2.28. The minimum atomic E-state index is -0.386. The Bertz CT molecular complexity index is 734. The number of esters is 1. The number of aromatic nitrogens is 2. The minimum Gasteiger partial charge on any atom is -0.465 e. The van der Waals surface area contributed by atoms with Gasteiger partial charge in [-0.1, -0.05) is 0 Å². The summed E-state index contributed by atoms with van der Waals surface area (Å²) in [6.07, 6.45) is 0. The van der Waals surface area contributed by atoms with E-state index in [0.29, 0.717) is 15.7 Å². The third kappa shape index (κ3) is 3.28. The fraction of sp³-hybridized carbons (Fsp3) is 0.357.